The Labute approximate surface area is 521 Å². The summed E-state index contributed by atoms with van der Waals surface area (Å²) in [6.45, 7) is 40.9. The van der Waals surface area contributed by atoms with E-state index >= 15 is 0 Å². The summed E-state index contributed by atoms with van der Waals surface area (Å²) in [5.74, 6) is 20.0. The van der Waals surface area contributed by atoms with Crippen molar-refractivity contribution in [3.8, 4) is 0 Å². The Morgan fingerprint density at radius 1 is 0.310 bits per heavy atom. The van der Waals surface area contributed by atoms with E-state index < -0.39 is 0 Å². The standard InChI is InChI=1S/C21H36.2C21H34.C21H32/c4*1-14-9-11-21(4)16(13-14)6-7-17-18-8-5-15(2)20(18,3)12-10-19(17)21/h14-19H,5-13H2,1-4H3;13-15,17-19H,5-12H2,1-4H3;5,14,16-19H,6-13H2,1-4H3;5,13-14,17-19H,6-12H2,1-4H3/t14-,15?,16?,17?,18?,19?,20?,21?;14-,15?,17?,18?,19?,20?,21?;14-,16?,17?,18?,19?,20?,21?;14-,17?,18?,19?,20?,21?/m1111/s1. The Morgan fingerprint density at radius 3 is 1.11 bits per heavy atom. The second-order valence-corrected chi connectivity index (χ2v) is 38.4. The summed E-state index contributed by atoms with van der Waals surface area (Å²) < 4.78 is 0. The van der Waals surface area contributed by atoms with Crippen LogP contribution in [0.2, 0.25) is 0 Å². The van der Waals surface area contributed by atoms with Crippen LogP contribution in [0.4, 0.5) is 0 Å². The minimum Gasteiger partial charge on any atom is -0.0847 e. The third-order valence-corrected chi connectivity index (χ3v) is 35.4. The summed E-state index contributed by atoms with van der Waals surface area (Å²) in [4.78, 5) is 0. The topological polar surface area (TPSA) is 0 Å². The summed E-state index contributed by atoms with van der Waals surface area (Å²) in [5, 5.41) is 0. The van der Waals surface area contributed by atoms with Crippen LogP contribution in [-0.4, -0.2) is 0 Å². The van der Waals surface area contributed by atoms with Gasteiger partial charge in [-0.15, -0.1) is 0 Å². The second kappa shape index (κ2) is 22.4. The van der Waals surface area contributed by atoms with Gasteiger partial charge in [0.05, 0.1) is 0 Å². The van der Waals surface area contributed by atoms with Gasteiger partial charge in [0.25, 0.3) is 0 Å². The minimum atomic E-state index is 0.542. The third-order valence-electron chi connectivity index (χ3n) is 35.4. The van der Waals surface area contributed by atoms with E-state index in [0.29, 0.717) is 43.3 Å². The summed E-state index contributed by atoms with van der Waals surface area (Å²) in [6.07, 6.45) is 58.3. The molecule has 0 heterocycles. The molecule has 84 heavy (non-hydrogen) atoms. The summed E-state index contributed by atoms with van der Waals surface area (Å²) in [6, 6.07) is 0. The average molecular weight is 1150 g/mol. The van der Waals surface area contributed by atoms with Gasteiger partial charge in [-0.05, 0) is 368 Å². The van der Waals surface area contributed by atoms with Gasteiger partial charge in [-0.25, -0.2) is 0 Å². The van der Waals surface area contributed by atoms with Gasteiger partial charge in [0.1, 0.15) is 0 Å². The lowest BCUT2D eigenvalue weighted by atomic mass is 9.44. The van der Waals surface area contributed by atoms with Crippen LogP contribution in [0.3, 0.4) is 0 Å². The van der Waals surface area contributed by atoms with Crippen LogP contribution in [0.15, 0.2) is 46.6 Å². The molecule has 16 rings (SSSR count). The zero-order valence-electron chi connectivity index (χ0n) is 58.5. The molecule has 16 aliphatic carbocycles. The zero-order valence-corrected chi connectivity index (χ0v) is 58.5. The van der Waals surface area contributed by atoms with Crippen LogP contribution in [0.5, 0.6) is 0 Å². The molecule has 0 aliphatic heterocycles. The van der Waals surface area contributed by atoms with E-state index in [9.17, 15) is 0 Å². The average Bonchev–Trinajstić information content (AvgIpc) is 4.24. The smallest absolute Gasteiger partial charge is 0.00851 e. The molecular weight excluding hydrogens is 1010 g/mol. The maximum Gasteiger partial charge on any atom is -0.00851 e. The predicted molar refractivity (Wildman–Crippen MR) is 360 cm³/mol. The van der Waals surface area contributed by atoms with Crippen LogP contribution in [0.1, 0.15) is 316 Å². The summed E-state index contributed by atoms with van der Waals surface area (Å²) in [5.41, 5.74) is 12.1. The molecule has 0 bridgehead atoms. The van der Waals surface area contributed by atoms with Crippen molar-refractivity contribution in [3.63, 3.8) is 0 Å². The van der Waals surface area contributed by atoms with Gasteiger partial charge in [0.15, 0.2) is 0 Å². The van der Waals surface area contributed by atoms with Crippen molar-refractivity contribution in [2.45, 2.75) is 316 Å². The van der Waals surface area contributed by atoms with Crippen molar-refractivity contribution in [3.05, 3.63) is 46.6 Å². The van der Waals surface area contributed by atoms with Gasteiger partial charge in [-0.1, -0.05) is 156 Å². The molecule has 16 aliphatic rings. The largest absolute Gasteiger partial charge is 0.0847 e. The molecule has 0 heteroatoms. The Kier molecular flexibility index (Phi) is 16.5. The number of allylic oxidation sites excluding steroid dienone is 8. The molecule has 472 valence electrons. The molecule has 24 unspecified atom stereocenters. The second-order valence-electron chi connectivity index (χ2n) is 38.4. The predicted octanol–water partition coefficient (Wildman–Crippen LogP) is 24.9. The highest BCUT2D eigenvalue weighted by molar-refractivity contribution is 5.30. The molecule has 0 nitrogen and oxygen atoms in total. The Morgan fingerprint density at radius 2 is 0.655 bits per heavy atom. The van der Waals surface area contributed by atoms with E-state index in [0.717, 1.165) is 118 Å². The molecule has 12 saturated carbocycles. The Balaban J connectivity index is 0.000000104. The van der Waals surface area contributed by atoms with Crippen LogP contribution in [0.25, 0.3) is 0 Å². The Bertz CT molecular complexity index is 2440. The van der Waals surface area contributed by atoms with E-state index in [-0.39, 0.29) is 0 Å². The monoisotopic (exact) mass is 1150 g/mol. The summed E-state index contributed by atoms with van der Waals surface area (Å²) in [7, 11) is 0. The van der Waals surface area contributed by atoms with E-state index in [1.54, 1.807) is 49.7 Å². The van der Waals surface area contributed by atoms with Gasteiger partial charge in [-0.2, -0.15) is 0 Å². The molecule has 0 amide bonds. The fourth-order valence-electron chi connectivity index (χ4n) is 28.8. The fraction of sp³-hybridized carbons (Fsp3) is 0.905. The molecule has 12 fully saturated rings. The molecule has 0 N–H and O–H groups in total. The quantitative estimate of drug-likeness (QED) is 0.212. The lowest BCUT2D eigenvalue weighted by molar-refractivity contribution is -0.115. The van der Waals surface area contributed by atoms with Crippen molar-refractivity contribution in [2.24, 2.45) is 162 Å². The van der Waals surface area contributed by atoms with E-state index in [1.807, 2.05) is 11.1 Å². The molecule has 0 radical (unpaired) electrons. The highest BCUT2D eigenvalue weighted by atomic mass is 14.7. The van der Waals surface area contributed by atoms with Crippen molar-refractivity contribution >= 4 is 0 Å². The molecule has 0 aromatic heterocycles. The first-order valence-corrected chi connectivity index (χ1v) is 38.6. The maximum atomic E-state index is 2.71. The zero-order chi connectivity index (χ0) is 59.3. The lowest BCUT2D eigenvalue weighted by Crippen LogP contribution is -2.53. The van der Waals surface area contributed by atoms with Gasteiger partial charge in [0.2, 0.25) is 0 Å². The van der Waals surface area contributed by atoms with Crippen molar-refractivity contribution < 1.29 is 0 Å². The van der Waals surface area contributed by atoms with Gasteiger partial charge in [-0.3, -0.25) is 0 Å². The van der Waals surface area contributed by atoms with Crippen molar-refractivity contribution in [1.82, 2.24) is 0 Å². The first-order valence-electron chi connectivity index (χ1n) is 38.6. The van der Waals surface area contributed by atoms with Gasteiger partial charge < -0.3 is 0 Å². The number of fused-ring (bicyclic) bond motifs is 20. The molecule has 28 atom stereocenters. The van der Waals surface area contributed by atoms with Crippen LogP contribution < -0.4 is 0 Å². The van der Waals surface area contributed by atoms with Crippen molar-refractivity contribution in [1.29, 1.82) is 0 Å². The van der Waals surface area contributed by atoms with Crippen LogP contribution in [-0.2, 0) is 0 Å². The first-order chi connectivity index (χ1) is 39.8. The van der Waals surface area contributed by atoms with E-state index in [2.05, 4.69) is 135 Å². The van der Waals surface area contributed by atoms with Crippen molar-refractivity contribution in [2.75, 3.05) is 0 Å². The molecule has 0 saturated heterocycles. The number of rotatable bonds is 0. The Hall–Kier alpha value is -1.04. The highest BCUT2D eigenvalue weighted by Gasteiger charge is 2.62. The molecule has 0 spiro atoms. The normalized spacial score (nSPS) is 56.2. The molecule has 0 aromatic rings. The number of hydrogen-bond acceptors (Lipinski definition) is 0. The van der Waals surface area contributed by atoms with E-state index in [4.69, 9.17) is 0 Å². The lowest BCUT2D eigenvalue weighted by Gasteiger charge is -2.61. The van der Waals surface area contributed by atoms with Gasteiger partial charge >= 0.3 is 0 Å². The van der Waals surface area contributed by atoms with Crippen LogP contribution >= 0.6 is 0 Å². The third kappa shape index (κ3) is 9.70. The fourth-order valence-corrected chi connectivity index (χ4v) is 28.8. The SMILES string of the molecule is CC1=CCC2C3CCC4=C[C@H](C)CCC4(C)C3CCC12C.CC1=CCC2C3CCC4C[C@H](C)CCC4(C)C3CCC12C.CC1CCC2C3CCC4=C[C@H](C)CCC4(C)C3CCC12C.CC1CCC2C3CCC4C[C@H](C)CCC4(C)C3CCC12C. The highest BCUT2D eigenvalue weighted by Crippen LogP contribution is 2.72. The number of hydrogen-bond donors (Lipinski definition) is 0. The molecular formula is C84H136. The summed E-state index contributed by atoms with van der Waals surface area (Å²) >= 11 is 0. The molecule has 0 aromatic carbocycles. The van der Waals surface area contributed by atoms with Gasteiger partial charge in [0, 0.05) is 0 Å². The first kappa shape index (κ1) is 61.8. The van der Waals surface area contributed by atoms with E-state index in [1.165, 1.54) is 167 Å². The van der Waals surface area contributed by atoms with Crippen LogP contribution in [0, 0.1) is 162 Å². The minimum absolute atomic E-state index is 0.542. The maximum absolute atomic E-state index is 2.71.